The van der Waals surface area contributed by atoms with Crippen LogP contribution in [0.15, 0.2) is 29.3 Å². The van der Waals surface area contributed by atoms with Crippen LogP contribution in [-0.2, 0) is 16.6 Å². The molecule has 30 heavy (non-hydrogen) atoms. The molecule has 1 aromatic heterocycles. The lowest BCUT2D eigenvalue weighted by atomic mass is 10.1. The van der Waals surface area contributed by atoms with Crippen LogP contribution in [0.3, 0.4) is 0 Å². The highest BCUT2D eigenvalue weighted by Gasteiger charge is 2.28. The molecular formula is C20H27ClN6O3. The number of nitrogens with zero attached hydrogens (tertiary/aromatic N) is 4. The number of aliphatic hydroxyl groups excluding tert-OH is 1. The van der Waals surface area contributed by atoms with E-state index < -0.39 is 6.23 Å². The number of nitrogen functional groups attached to an aromatic ring is 1. The number of halogens is 1. The SMILES string of the molecule is CCOC(=O)CCCCN1C=Nc2c(nc(-c3ccc(C(=N)N)cc3)n2C)C1O.Cl. The maximum absolute atomic E-state index is 11.4. The summed E-state index contributed by atoms with van der Waals surface area (Å²) in [4.78, 5) is 22.2. The number of imidazole rings is 1. The van der Waals surface area contributed by atoms with Crippen molar-refractivity contribution in [3.05, 3.63) is 35.5 Å². The Labute approximate surface area is 181 Å². The smallest absolute Gasteiger partial charge is 0.305 e. The lowest BCUT2D eigenvalue weighted by Gasteiger charge is -2.27. The van der Waals surface area contributed by atoms with Crippen molar-refractivity contribution in [3.63, 3.8) is 0 Å². The maximum atomic E-state index is 11.4. The van der Waals surface area contributed by atoms with Gasteiger partial charge in [0.25, 0.3) is 0 Å². The zero-order valence-electron chi connectivity index (χ0n) is 17.0. The molecular weight excluding hydrogens is 408 g/mol. The van der Waals surface area contributed by atoms with Gasteiger partial charge in [-0.1, -0.05) is 24.3 Å². The number of unbranched alkanes of at least 4 members (excludes halogenated alkanes) is 1. The first-order valence-corrected chi connectivity index (χ1v) is 9.57. The molecule has 1 aliphatic heterocycles. The summed E-state index contributed by atoms with van der Waals surface area (Å²) >= 11 is 0. The quantitative estimate of drug-likeness (QED) is 0.253. The lowest BCUT2D eigenvalue weighted by Crippen LogP contribution is -2.31. The summed E-state index contributed by atoms with van der Waals surface area (Å²) < 4.78 is 6.75. The van der Waals surface area contributed by atoms with Gasteiger partial charge in [-0.25, -0.2) is 9.98 Å². The molecule has 3 rings (SSSR count). The minimum absolute atomic E-state index is 0. The number of benzene rings is 1. The first-order valence-electron chi connectivity index (χ1n) is 9.57. The van der Waals surface area contributed by atoms with Gasteiger partial charge in [-0.05, 0) is 19.8 Å². The Morgan fingerprint density at radius 1 is 1.30 bits per heavy atom. The number of nitrogens with two attached hydrogens (primary N) is 1. The molecule has 0 saturated heterocycles. The van der Waals surface area contributed by atoms with Crippen LogP contribution < -0.4 is 5.73 Å². The van der Waals surface area contributed by atoms with Crippen molar-refractivity contribution in [1.29, 1.82) is 5.41 Å². The summed E-state index contributed by atoms with van der Waals surface area (Å²) in [6.45, 7) is 2.73. The normalized spacial score (nSPS) is 14.8. The van der Waals surface area contributed by atoms with Gasteiger partial charge in [-0.3, -0.25) is 10.2 Å². The van der Waals surface area contributed by atoms with Crippen molar-refractivity contribution >= 4 is 36.4 Å². The first-order chi connectivity index (χ1) is 13.9. The highest BCUT2D eigenvalue weighted by atomic mass is 35.5. The summed E-state index contributed by atoms with van der Waals surface area (Å²) in [7, 11) is 1.85. The molecule has 0 radical (unpaired) electrons. The zero-order valence-corrected chi connectivity index (χ0v) is 17.9. The molecule has 1 unspecified atom stereocenters. The molecule has 9 nitrogen and oxygen atoms in total. The van der Waals surface area contributed by atoms with E-state index in [-0.39, 0.29) is 24.2 Å². The van der Waals surface area contributed by atoms with Gasteiger partial charge in [0.2, 0.25) is 0 Å². The highest BCUT2D eigenvalue weighted by molar-refractivity contribution is 5.95. The standard InChI is InChI=1S/C20H26N6O3.ClH/c1-3-29-15(27)6-4-5-11-26-12-23-19-16(20(26)28)24-18(25(19)2)14-9-7-13(8-10-14)17(21)22;/h7-10,12,20,28H,3-6,11H2,1-2H3,(H3,21,22);1H. The maximum Gasteiger partial charge on any atom is 0.305 e. The molecule has 2 aromatic rings. The van der Waals surface area contributed by atoms with E-state index in [1.54, 1.807) is 30.3 Å². The van der Waals surface area contributed by atoms with Crippen molar-refractivity contribution in [2.45, 2.75) is 32.4 Å². The van der Waals surface area contributed by atoms with E-state index >= 15 is 0 Å². The van der Waals surface area contributed by atoms with E-state index in [9.17, 15) is 9.90 Å². The Kier molecular flexibility index (Phi) is 7.96. The van der Waals surface area contributed by atoms with Crippen LogP contribution in [0, 0.1) is 5.41 Å². The molecule has 162 valence electrons. The van der Waals surface area contributed by atoms with Crippen LogP contribution in [0.4, 0.5) is 5.82 Å². The van der Waals surface area contributed by atoms with Crippen LogP contribution in [0.5, 0.6) is 0 Å². The van der Waals surface area contributed by atoms with E-state index in [1.165, 1.54) is 0 Å². The summed E-state index contributed by atoms with van der Waals surface area (Å²) in [5.74, 6) is 1.08. The van der Waals surface area contributed by atoms with Crippen molar-refractivity contribution in [1.82, 2.24) is 14.5 Å². The van der Waals surface area contributed by atoms with Gasteiger partial charge in [0, 0.05) is 31.1 Å². The number of nitrogens with one attached hydrogen (secondary N) is 1. The number of carbonyl (C=O) groups excluding carboxylic acids is 1. The summed E-state index contributed by atoms with van der Waals surface area (Å²) in [6, 6.07) is 7.21. The summed E-state index contributed by atoms with van der Waals surface area (Å²) in [5.41, 5.74) is 7.48. The number of fused-ring (bicyclic) bond motifs is 1. The van der Waals surface area contributed by atoms with Gasteiger partial charge in [0.1, 0.15) is 17.4 Å². The number of amidine groups is 1. The molecule has 0 saturated carbocycles. The fourth-order valence-electron chi connectivity index (χ4n) is 3.22. The fraction of sp³-hybridized carbons (Fsp3) is 0.400. The number of aliphatic imine (C=N–C) groups is 1. The van der Waals surface area contributed by atoms with Crippen molar-refractivity contribution in [3.8, 4) is 11.4 Å². The predicted octanol–water partition coefficient (Wildman–Crippen LogP) is 2.49. The minimum atomic E-state index is -0.901. The van der Waals surface area contributed by atoms with Gasteiger partial charge < -0.3 is 25.0 Å². The van der Waals surface area contributed by atoms with Crippen molar-refractivity contribution < 1.29 is 14.6 Å². The third kappa shape index (κ3) is 4.98. The molecule has 10 heteroatoms. The van der Waals surface area contributed by atoms with E-state index in [0.29, 0.717) is 48.9 Å². The van der Waals surface area contributed by atoms with Crippen molar-refractivity contribution in [2.75, 3.05) is 13.2 Å². The van der Waals surface area contributed by atoms with Gasteiger partial charge >= 0.3 is 5.97 Å². The summed E-state index contributed by atoms with van der Waals surface area (Å²) in [6.07, 6.45) is 2.48. The van der Waals surface area contributed by atoms with Gasteiger partial charge in [0.05, 0.1) is 12.9 Å². The van der Waals surface area contributed by atoms with Gasteiger partial charge in [0.15, 0.2) is 12.0 Å². The second kappa shape index (κ2) is 10.2. The molecule has 0 fully saturated rings. The second-order valence-electron chi connectivity index (χ2n) is 6.81. The first kappa shape index (κ1) is 23.4. The average Bonchev–Trinajstić information content (AvgIpc) is 3.04. The molecule has 1 atom stereocenters. The van der Waals surface area contributed by atoms with Crippen LogP contribution >= 0.6 is 12.4 Å². The largest absolute Gasteiger partial charge is 0.466 e. The van der Waals surface area contributed by atoms with Crippen molar-refractivity contribution in [2.24, 2.45) is 17.8 Å². The number of rotatable bonds is 8. The minimum Gasteiger partial charge on any atom is -0.466 e. The lowest BCUT2D eigenvalue weighted by molar-refractivity contribution is -0.143. The number of carbonyl (C=O) groups is 1. The molecule has 0 bridgehead atoms. The Hall–Kier alpha value is -2.91. The fourth-order valence-corrected chi connectivity index (χ4v) is 3.22. The topological polar surface area (TPSA) is 130 Å². The number of esters is 1. The van der Waals surface area contributed by atoms with E-state index in [2.05, 4.69) is 9.98 Å². The Morgan fingerprint density at radius 2 is 2.00 bits per heavy atom. The molecule has 1 aromatic carbocycles. The monoisotopic (exact) mass is 434 g/mol. The molecule has 1 aliphatic rings. The molecule has 0 spiro atoms. The highest BCUT2D eigenvalue weighted by Crippen LogP contribution is 2.34. The third-order valence-corrected chi connectivity index (χ3v) is 4.78. The Balaban J connectivity index is 0.00000320. The van der Waals surface area contributed by atoms with E-state index in [4.69, 9.17) is 15.9 Å². The number of hydrogen-bond acceptors (Lipinski definition) is 7. The zero-order chi connectivity index (χ0) is 21.0. The van der Waals surface area contributed by atoms with Crippen LogP contribution in [-0.4, -0.2) is 50.9 Å². The average molecular weight is 435 g/mol. The Bertz CT molecular complexity index is 925. The Morgan fingerprint density at radius 3 is 2.63 bits per heavy atom. The molecule has 0 aliphatic carbocycles. The molecule has 4 N–H and O–H groups in total. The predicted molar refractivity (Wildman–Crippen MR) is 117 cm³/mol. The summed E-state index contributed by atoms with van der Waals surface area (Å²) in [5, 5.41) is 18.2. The third-order valence-electron chi connectivity index (χ3n) is 4.78. The number of aromatic nitrogens is 2. The van der Waals surface area contributed by atoms with E-state index in [0.717, 1.165) is 12.0 Å². The van der Waals surface area contributed by atoms with Crippen LogP contribution in [0.2, 0.25) is 0 Å². The van der Waals surface area contributed by atoms with Gasteiger partial charge in [-0.2, -0.15) is 0 Å². The number of aliphatic hydroxyl groups is 1. The van der Waals surface area contributed by atoms with Crippen LogP contribution in [0.25, 0.3) is 11.4 Å². The van der Waals surface area contributed by atoms with Crippen LogP contribution in [0.1, 0.15) is 43.7 Å². The second-order valence-corrected chi connectivity index (χ2v) is 6.81. The number of hydrogen-bond donors (Lipinski definition) is 3. The molecule has 0 amide bonds. The number of ether oxygens (including phenoxy) is 1. The molecule has 2 heterocycles. The van der Waals surface area contributed by atoms with E-state index in [1.807, 2.05) is 23.7 Å². The van der Waals surface area contributed by atoms with Gasteiger partial charge in [-0.15, -0.1) is 12.4 Å².